The van der Waals surface area contributed by atoms with Crippen LogP contribution in [0.5, 0.6) is 11.9 Å². The summed E-state index contributed by atoms with van der Waals surface area (Å²) in [6, 6.07) is 1.12. The molecule has 5 heterocycles. The number of methoxy groups -OCH3 is 1. The number of aromatic nitrogens is 3. The highest BCUT2D eigenvalue weighted by molar-refractivity contribution is 5.96. The van der Waals surface area contributed by atoms with Crippen molar-refractivity contribution in [1.82, 2.24) is 25.2 Å². The fourth-order valence-electron chi connectivity index (χ4n) is 5.93. The van der Waals surface area contributed by atoms with E-state index in [1.807, 2.05) is 13.8 Å². The van der Waals surface area contributed by atoms with Crippen molar-refractivity contribution in [3.63, 3.8) is 0 Å². The van der Waals surface area contributed by atoms with Crippen molar-refractivity contribution >= 4 is 22.4 Å². The Morgan fingerprint density at radius 1 is 1.04 bits per heavy atom. The number of hydrogen-bond acceptors (Lipinski definition) is 9. The number of rotatable bonds is 2. The normalized spacial score (nSPS) is 20.1. The first-order valence-electron chi connectivity index (χ1n) is 15.6. The first kappa shape index (κ1) is 35.3. The van der Waals surface area contributed by atoms with Crippen LogP contribution >= 0.6 is 0 Å². The van der Waals surface area contributed by atoms with E-state index in [4.69, 9.17) is 15.2 Å². The summed E-state index contributed by atoms with van der Waals surface area (Å²) in [6.45, 7) is 8.74. The Morgan fingerprint density at radius 2 is 1.78 bits per heavy atom. The predicted octanol–water partition coefficient (Wildman–Crippen LogP) is 6.28. The smallest absolute Gasteiger partial charge is 0.417 e. The molecule has 4 N–H and O–H groups in total. The number of benzene rings is 1. The number of alkyl halides is 4. The summed E-state index contributed by atoms with van der Waals surface area (Å²) in [5.41, 5.74) is 1.06. The van der Waals surface area contributed by atoms with Crippen LogP contribution in [0.2, 0.25) is 0 Å². The summed E-state index contributed by atoms with van der Waals surface area (Å²) in [5.74, 6) is -2.43. The number of anilines is 2. The van der Waals surface area contributed by atoms with E-state index in [0.717, 1.165) is 32.9 Å². The first-order chi connectivity index (χ1) is 22.0. The van der Waals surface area contributed by atoms with Gasteiger partial charge in [0, 0.05) is 24.7 Å². The van der Waals surface area contributed by atoms with Gasteiger partial charge in [-0.15, -0.1) is 0 Å². The molecule has 2 fully saturated rings. The Labute approximate surface area is 264 Å². The Kier molecular flexibility index (Phi) is 11.8. The van der Waals surface area contributed by atoms with E-state index in [9.17, 15) is 22.0 Å². The number of nitrogens with one attached hydrogen (secondary N) is 2. The molecule has 2 unspecified atom stereocenters. The molecule has 0 spiro atoms. The van der Waals surface area contributed by atoms with Crippen molar-refractivity contribution < 1.29 is 35.8 Å². The standard InChI is InChI=1S/C22H23F5N6O2.C7H12FN.C2H6/c1-10-14(22(25,26)27)11(9-12(28)15(10)23)17-16(24)18-13-19(33-21(32-18)34-2)30-7-3-5-29-6-4-8-35-20(13)31-17;8-6-4-7-2-1-3-9(7)5-6;1-2/h9,29H,3-8,28H2,1-2H3,(H,30,32,33);6-7H,1-5H2;1-2H3. The minimum absolute atomic E-state index is 0.0564. The Morgan fingerprint density at radius 3 is 2.48 bits per heavy atom. The highest BCUT2D eigenvalue weighted by Gasteiger charge is 2.39. The third kappa shape index (κ3) is 7.68. The van der Waals surface area contributed by atoms with Gasteiger partial charge in [-0.1, -0.05) is 13.8 Å². The Balaban J connectivity index is 0.000000367. The van der Waals surface area contributed by atoms with Gasteiger partial charge in [0.1, 0.15) is 34.4 Å². The minimum Gasteiger partial charge on any atom is -0.477 e. The molecule has 2 atom stereocenters. The number of hydrogen-bond donors (Lipinski definition) is 3. The van der Waals surface area contributed by atoms with E-state index in [0.29, 0.717) is 38.2 Å². The van der Waals surface area contributed by atoms with Gasteiger partial charge in [0.05, 0.1) is 25.0 Å². The third-order valence-electron chi connectivity index (χ3n) is 8.00. The number of ether oxygens (including phenoxy) is 2. The summed E-state index contributed by atoms with van der Waals surface area (Å²) in [6.07, 6.45) is -0.919. The van der Waals surface area contributed by atoms with E-state index < -0.39 is 52.1 Å². The third-order valence-corrected chi connectivity index (χ3v) is 8.00. The second kappa shape index (κ2) is 15.3. The molecule has 2 aromatic heterocycles. The van der Waals surface area contributed by atoms with Crippen molar-refractivity contribution in [2.45, 2.75) is 71.3 Å². The maximum Gasteiger partial charge on any atom is 0.417 e. The van der Waals surface area contributed by atoms with Crippen LogP contribution in [0.15, 0.2) is 6.07 Å². The number of halogens is 6. The molecule has 254 valence electrons. The predicted molar refractivity (Wildman–Crippen MR) is 165 cm³/mol. The molecule has 0 bridgehead atoms. The van der Waals surface area contributed by atoms with Crippen LogP contribution in [0, 0.1) is 18.6 Å². The summed E-state index contributed by atoms with van der Waals surface area (Å²) >= 11 is 0. The average molecular weight is 658 g/mol. The molecule has 3 aliphatic rings. The molecule has 0 saturated carbocycles. The second-order valence-corrected chi connectivity index (χ2v) is 11.0. The van der Waals surface area contributed by atoms with Gasteiger partial charge in [-0.3, -0.25) is 4.90 Å². The second-order valence-electron chi connectivity index (χ2n) is 11.0. The Bertz CT molecular complexity index is 1500. The molecule has 6 rings (SSSR count). The van der Waals surface area contributed by atoms with Gasteiger partial charge in [0.15, 0.2) is 5.82 Å². The molecule has 3 aromatic rings. The average Bonchev–Trinajstić information content (AvgIpc) is 3.60. The number of nitrogens with zero attached hydrogens (tertiary/aromatic N) is 4. The lowest BCUT2D eigenvalue weighted by Crippen LogP contribution is -2.22. The van der Waals surface area contributed by atoms with Crippen molar-refractivity contribution in [2.24, 2.45) is 0 Å². The SMILES string of the molecule is CC.COc1nc2c3c(nc(-c4cc(N)c(F)c(C)c4C(F)(F)F)c(F)c3n1)OCCCNCCCN2.FC1CC2CCCN2C1. The molecule has 15 heteroatoms. The van der Waals surface area contributed by atoms with Gasteiger partial charge in [0.25, 0.3) is 0 Å². The van der Waals surface area contributed by atoms with Gasteiger partial charge < -0.3 is 25.8 Å². The Hall–Kier alpha value is -3.59. The lowest BCUT2D eigenvalue weighted by atomic mass is 9.96. The molecular formula is C31H41F6N7O2. The van der Waals surface area contributed by atoms with E-state index in [-0.39, 0.29) is 35.2 Å². The van der Waals surface area contributed by atoms with Crippen LogP contribution in [0.3, 0.4) is 0 Å². The van der Waals surface area contributed by atoms with Gasteiger partial charge in [0.2, 0.25) is 5.88 Å². The lowest BCUT2D eigenvalue weighted by Gasteiger charge is -2.20. The zero-order chi connectivity index (χ0) is 33.6. The van der Waals surface area contributed by atoms with Gasteiger partial charge in [-0.25, -0.2) is 18.2 Å². The highest BCUT2D eigenvalue weighted by Crippen LogP contribution is 2.44. The van der Waals surface area contributed by atoms with Gasteiger partial charge >= 0.3 is 12.2 Å². The van der Waals surface area contributed by atoms with Crippen molar-refractivity contribution in [3.8, 4) is 23.1 Å². The fourth-order valence-corrected chi connectivity index (χ4v) is 5.93. The topological polar surface area (TPSA) is 110 Å². The highest BCUT2D eigenvalue weighted by atomic mass is 19.4. The summed E-state index contributed by atoms with van der Waals surface area (Å²) in [7, 11) is 1.27. The van der Waals surface area contributed by atoms with Crippen LogP contribution in [0.1, 0.15) is 57.1 Å². The molecule has 0 aliphatic carbocycles. The van der Waals surface area contributed by atoms with E-state index in [2.05, 4.69) is 30.5 Å². The molecule has 46 heavy (non-hydrogen) atoms. The van der Waals surface area contributed by atoms with Gasteiger partial charge in [-0.2, -0.15) is 23.1 Å². The zero-order valence-electron chi connectivity index (χ0n) is 26.5. The van der Waals surface area contributed by atoms with Crippen LogP contribution in [0.25, 0.3) is 22.2 Å². The van der Waals surface area contributed by atoms with Crippen molar-refractivity contribution in [3.05, 3.63) is 28.8 Å². The maximum atomic E-state index is 15.9. The zero-order valence-corrected chi connectivity index (χ0v) is 26.5. The van der Waals surface area contributed by atoms with Crippen molar-refractivity contribution in [2.75, 3.05) is 57.5 Å². The number of fused-ring (bicyclic) bond motifs is 1. The van der Waals surface area contributed by atoms with E-state index >= 15 is 4.39 Å². The van der Waals surface area contributed by atoms with Crippen LogP contribution in [0.4, 0.5) is 37.8 Å². The largest absolute Gasteiger partial charge is 0.477 e. The monoisotopic (exact) mass is 657 g/mol. The molecule has 0 radical (unpaired) electrons. The molecule has 1 aromatic carbocycles. The molecule has 0 amide bonds. The summed E-state index contributed by atoms with van der Waals surface area (Å²) < 4.78 is 95.6. The van der Waals surface area contributed by atoms with Crippen LogP contribution in [-0.2, 0) is 6.18 Å². The number of pyridine rings is 1. The molecule has 2 saturated heterocycles. The van der Waals surface area contributed by atoms with Crippen LogP contribution < -0.4 is 25.8 Å². The van der Waals surface area contributed by atoms with Gasteiger partial charge in [-0.05, 0) is 70.3 Å². The number of nitrogens with two attached hydrogens (primary N) is 1. The molecular weight excluding hydrogens is 616 g/mol. The lowest BCUT2D eigenvalue weighted by molar-refractivity contribution is -0.137. The van der Waals surface area contributed by atoms with Crippen LogP contribution in [-0.4, -0.2) is 78.5 Å². The summed E-state index contributed by atoms with van der Waals surface area (Å²) in [5, 5.41) is 6.35. The quantitative estimate of drug-likeness (QED) is 0.217. The minimum atomic E-state index is -5.02. The molecule has 3 aliphatic heterocycles. The molecule has 9 nitrogen and oxygen atoms in total. The van der Waals surface area contributed by atoms with E-state index in [1.54, 1.807) is 0 Å². The first-order valence-corrected chi connectivity index (χ1v) is 15.6. The summed E-state index contributed by atoms with van der Waals surface area (Å²) in [4.78, 5) is 14.7. The maximum absolute atomic E-state index is 15.9. The number of nitrogen functional groups attached to an aromatic ring is 1. The fraction of sp³-hybridized carbons (Fsp3) is 0.581. The van der Waals surface area contributed by atoms with E-state index in [1.165, 1.54) is 20.0 Å². The van der Waals surface area contributed by atoms with Crippen molar-refractivity contribution in [1.29, 1.82) is 0 Å².